The van der Waals surface area contributed by atoms with Gasteiger partial charge >= 0.3 is 0 Å². The summed E-state index contributed by atoms with van der Waals surface area (Å²) in [6.07, 6.45) is 3.54. The van der Waals surface area contributed by atoms with Crippen molar-refractivity contribution in [1.29, 1.82) is 0 Å². The number of ether oxygens (including phenoxy) is 1. The number of aromatic nitrogens is 2. The lowest BCUT2D eigenvalue weighted by molar-refractivity contribution is -0.115. The van der Waals surface area contributed by atoms with Gasteiger partial charge in [0.05, 0.1) is 25.3 Å². The number of nitrogens with one attached hydrogen (secondary N) is 2. The molecule has 3 heterocycles. The first-order chi connectivity index (χ1) is 14.2. The van der Waals surface area contributed by atoms with E-state index in [9.17, 15) is 4.79 Å². The number of hydrogen-bond acceptors (Lipinski definition) is 6. The summed E-state index contributed by atoms with van der Waals surface area (Å²) in [4.78, 5) is 20.2. The van der Waals surface area contributed by atoms with Crippen LogP contribution in [0, 0.1) is 0 Å². The fourth-order valence-corrected chi connectivity index (χ4v) is 3.62. The van der Waals surface area contributed by atoms with Gasteiger partial charge in [-0.15, -0.1) is 0 Å². The quantitative estimate of drug-likeness (QED) is 0.395. The minimum Gasteiger partial charge on any atom is -0.495 e. The number of H-pyrrole nitrogens is 1. The zero-order valence-corrected chi connectivity index (χ0v) is 16.5. The predicted molar refractivity (Wildman–Crippen MR) is 111 cm³/mol. The zero-order chi connectivity index (χ0) is 20.1. The minimum atomic E-state index is -0.0916. The van der Waals surface area contributed by atoms with E-state index in [1.54, 1.807) is 25.7 Å². The SMILES string of the molecule is COc1ccccc1NC(=O)CCSc1nc(-c2ccco2)c(-c2ccco2)[nH]1. The highest BCUT2D eigenvalue weighted by molar-refractivity contribution is 7.99. The fourth-order valence-electron chi connectivity index (χ4n) is 2.81. The molecule has 0 saturated carbocycles. The average Bonchev–Trinajstić information content (AvgIpc) is 3.48. The molecule has 4 aromatic rings. The lowest BCUT2D eigenvalue weighted by atomic mass is 10.2. The van der Waals surface area contributed by atoms with Gasteiger partial charge in [0.1, 0.15) is 17.1 Å². The van der Waals surface area contributed by atoms with Crippen molar-refractivity contribution in [3.8, 4) is 28.7 Å². The molecule has 0 fully saturated rings. The maximum Gasteiger partial charge on any atom is 0.225 e. The van der Waals surface area contributed by atoms with Gasteiger partial charge in [0, 0.05) is 12.2 Å². The zero-order valence-electron chi connectivity index (χ0n) is 15.7. The van der Waals surface area contributed by atoms with Crippen LogP contribution in [0.5, 0.6) is 5.75 Å². The topological polar surface area (TPSA) is 93.3 Å². The molecule has 0 radical (unpaired) electrons. The van der Waals surface area contributed by atoms with Crippen LogP contribution in [0.15, 0.2) is 75.0 Å². The first-order valence-electron chi connectivity index (χ1n) is 8.98. The number of aromatic amines is 1. The Morgan fingerprint density at radius 1 is 1.10 bits per heavy atom. The normalized spacial score (nSPS) is 10.8. The van der Waals surface area contributed by atoms with Crippen LogP contribution in [0.1, 0.15) is 6.42 Å². The molecule has 0 aliphatic heterocycles. The van der Waals surface area contributed by atoms with Crippen LogP contribution in [0.2, 0.25) is 0 Å². The Labute approximate surface area is 171 Å². The van der Waals surface area contributed by atoms with Crippen LogP contribution in [0.25, 0.3) is 22.9 Å². The second-order valence-corrected chi connectivity index (χ2v) is 7.15. The van der Waals surface area contributed by atoms with Gasteiger partial charge in [-0.05, 0) is 36.4 Å². The molecular weight excluding hydrogens is 390 g/mol. The number of methoxy groups -OCH3 is 1. The van der Waals surface area contributed by atoms with Gasteiger partial charge in [-0.2, -0.15) is 0 Å². The molecule has 0 spiro atoms. The van der Waals surface area contributed by atoms with E-state index in [1.807, 2.05) is 42.5 Å². The third kappa shape index (κ3) is 4.38. The largest absolute Gasteiger partial charge is 0.495 e. The Hall–Kier alpha value is -3.39. The van der Waals surface area contributed by atoms with Crippen LogP contribution >= 0.6 is 11.8 Å². The summed E-state index contributed by atoms with van der Waals surface area (Å²) in [5, 5.41) is 3.56. The Bertz CT molecular complexity index is 1020. The van der Waals surface area contributed by atoms with Gasteiger partial charge in [0.15, 0.2) is 16.7 Å². The highest BCUT2D eigenvalue weighted by Crippen LogP contribution is 2.33. The summed E-state index contributed by atoms with van der Waals surface area (Å²) >= 11 is 1.46. The van der Waals surface area contributed by atoms with Crippen molar-refractivity contribution < 1.29 is 18.4 Å². The molecule has 7 nitrogen and oxygen atoms in total. The number of anilines is 1. The highest BCUT2D eigenvalue weighted by Gasteiger charge is 2.18. The van der Waals surface area contributed by atoms with Crippen molar-refractivity contribution in [3.05, 3.63) is 61.1 Å². The average molecular weight is 409 g/mol. The lowest BCUT2D eigenvalue weighted by Gasteiger charge is -2.09. The summed E-state index contributed by atoms with van der Waals surface area (Å²) in [7, 11) is 1.57. The molecule has 4 rings (SSSR count). The van der Waals surface area contributed by atoms with E-state index in [-0.39, 0.29) is 5.91 Å². The van der Waals surface area contributed by atoms with Gasteiger partial charge in [-0.25, -0.2) is 4.98 Å². The molecule has 3 aromatic heterocycles. The second-order valence-electron chi connectivity index (χ2n) is 6.07. The first kappa shape index (κ1) is 18.9. The van der Waals surface area contributed by atoms with Gasteiger partial charge in [0.25, 0.3) is 0 Å². The first-order valence-corrected chi connectivity index (χ1v) is 9.96. The molecule has 148 valence electrons. The Kier molecular flexibility index (Phi) is 5.71. The van der Waals surface area contributed by atoms with Gasteiger partial charge in [-0.3, -0.25) is 4.79 Å². The number of carbonyl (C=O) groups is 1. The molecule has 0 aliphatic carbocycles. The molecule has 8 heteroatoms. The molecule has 1 amide bonds. The minimum absolute atomic E-state index is 0.0916. The van der Waals surface area contributed by atoms with Crippen LogP contribution in [0.3, 0.4) is 0 Å². The van der Waals surface area contributed by atoms with Crippen molar-refractivity contribution in [2.75, 3.05) is 18.2 Å². The fraction of sp³-hybridized carbons (Fsp3) is 0.143. The highest BCUT2D eigenvalue weighted by atomic mass is 32.2. The third-order valence-corrected chi connectivity index (χ3v) is 5.03. The van der Waals surface area contributed by atoms with Crippen LogP contribution in [0.4, 0.5) is 5.69 Å². The molecule has 0 saturated heterocycles. The van der Waals surface area contributed by atoms with Crippen molar-refractivity contribution >= 4 is 23.4 Å². The summed E-state index contributed by atoms with van der Waals surface area (Å²) in [6.45, 7) is 0. The van der Waals surface area contributed by atoms with Crippen molar-refractivity contribution in [3.63, 3.8) is 0 Å². The summed E-state index contributed by atoms with van der Waals surface area (Å²) in [5.41, 5.74) is 2.07. The number of hydrogen-bond donors (Lipinski definition) is 2. The maximum absolute atomic E-state index is 12.3. The monoisotopic (exact) mass is 409 g/mol. The number of furan rings is 2. The smallest absolute Gasteiger partial charge is 0.225 e. The molecule has 0 bridgehead atoms. The number of carbonyl (C=O) groups excluding carboxylic acids is 1. The van der Waals surface area contributed by atoms with E-state index in [0.29, 0.717) is 46.0 Å². The number of rotatable bonds is 8. The lowest BCUT2D eigenvalue weighted by Crippen LogP contribution is -2.12. The van der Waals surface area contributed by atoms with Gasteiger partial charge in [0.2, 0.25) is 5.91 Å². The Morgan fingerprint density at radius 2 is 1.86 bits per heavy atom. The summed E-state index contributed by atoms with van der Waals surface area (Å²) in [6, 6.07) is 14.6. The van der Waals surface area contributed by atoms with Crippen molar-refractivity contribution in [2.45, 2.75) is 11.6 Å². The number of thioether (sulfide) groups is 1. The van der Waals surface area contributed by atoms with Crippen molar-refractivity contribution in [1.82, 2.24) is 9.97 Å². The molecular formula is C21H19N3O4S. The van der Waals surface area contributed by atoms with E-state index in [1.165, 1.54) is 11.8 Å². The van der Waals surface area contributed by atoms with E-state index < -0.39 is 0 Å². The summed E-state index contributed by atoms with van der Waals surface area (Å²) in [5.74, 6) is 2.42. The van der Waals surface area contributed by atoms with E-state index in [0.717, 1.165) is 5.69 Å². The van der Waals surface area contributed by atoms with Gasteiger partial charge < -0.3 is 23.9 Å². The maximum atomic E-state index is 12.3. The van der Waals surface area contributed by atoms with Crippen LogP contribution in [-0.4, -0.2) is 28.7 Å². The molecule has 1 aromatic carbocycles. The summed E-state index contributed by atoms with van der Waals surface area (Å²) < 4.78 is 16.3. The molecule has 0 aliphatic rings. The molecule has 29 heavy (non-hydrogen) atoms. The van der Waals surface area contributed by atoms with Crippen LogP contribution < -0.4 is 10.1 Å². The molecule has 2 N–H and O–H groups in total. The third-order valence-electron chi connectivity index (χ3n) is 4.15. The number of imidazole rings is 1. The molecule has 0 unspecified atom stereocenters. The van der Waals surface area contributed by atoms with E-state index in [2.05, 4.69) is 15.3 Å². The van der Waals surface area contributed by atoms with Crippen LogP contribution in [-0.2, 0) is 4.79 Å². The number of nitrogens with zero attached hydrogens (tertiary/aromatic N) is 1. The Morgan fingerprint density at radius 3 is 2.59 bits per heavy atom. The van der Waals surface area contributed by atoms with Gasteiger partial charge in [-0.1, -0.05) is 23.9 Å². The number of para-hydroxylation sites is 2. The Balaban J connectivity index is 1.41. The van der Waals surface area contributed by atoms with E-state index >= 15 is 0 Å². The number of benzene rings is 1. The number of amides is 1. The van der Waals surface area contributed by atoms with Crippen molar-refractivity contribution in [2.24, 2.45) is 0 Å². The second kappa shape index (κ2) is 8.74. The predicted octanol–water partition coefficient (Wildman–Crippen LogP) is 5.06. The standard InChI is InChI=1S/C21H19N3O4S/c1-26-15-7-3-2-6-14(15)22-18(25)10-13-29-21-23-19(16-8-4-11-27-16)20(24-21)17-9-5-12-28-17/h2-9,11-12H,10,13H2,1H3,(H,22,25)(H,23,24). The molecule has 0 atom stereocenters. The van der Waals surface area contributed by atoms with E-state index in [4.69, 9.17) is 13.6 Å².